The van der Waals surface area contributed by atoms with Crippen molar-refractivity contribution in [2.24, 2.45) is 0 Å². The fraction of sp³-hybridized carbons (Fsp3) is 0.357. The Kier molecular flexibility index (Phi) is 6.64. The van der Waals surface area contributed by atoms with E-state index in [-0.39, 0.29) is 30.3 Å². The Morgan fingerprint density at radius 3 is 2.62 bits per heavy atom. The first-order chi connectivity index (χ1) is 11.5. The zero-order valence-corrected chi connectivity index (χ0v) is 14.0. The quantitative estimate of drug-likeness (QED) is 0.421. The summed E-state index contributed by atoms with van der Waals surface area (Å²) in [7, 11) is 1.66. The largest absolute Gasteiger partial charge is 0.395 e. The summed E-state index contributed by atoms with van der Waals surface area (Å²) in [5, 5.41) is 11.8. The van der Waals surface area contributed by atoms with Gasteiger partial charge in [-0.1, -0.05) is 17.8 Å². The van der Waals surface area contributed by atoms with Crippen LogP contribution in [0.3, 0.4) is 0 Å². The molecule has 1 atom stereocenters. The highest BCUT2D eigenvalue weighted by atomic mass is 32.2. The van der Waals surface area contributed by atoms with E-state index in [1.807, 2.05) is 0 Å². The smallest absolute Gasteiger partial charge is 0.243 e. The number of aromatic nitrogens is 3. The molecule has 0 aliphatic heterocycles. The third-order valence-corrected chi connectivity index (χ3v) is 3.93. The molecule has 4 N–H and O–H groups in total. The molecular formula is C14H18F2N6OS. The molecule has 1 aromatic heterocycles. The lowest BCUT2D eigenvalue weighted by Gasteiger charge is -2.13. The average Bonchev–Trinajstić information content (AvgIpc) is 2.53. The van der Waals surface area contributed by atoms with E-state index in [9.17, 15) is 8.78 Å². The summed E-state index contributed by atoms with van der Waals surface area (Å²) in [6.07, 6.45) is 0. The number of hydrazine groups is 1. The number of halogens is 2. The summed E-state index contributed by atoms with van der Waals surface area (Å²) < 4.78 is 26.9. The Hall–Kier alpha value is -2.04. The van der Waals surface area contributed by atoms with Gasteiger partial charge in [0.15, 0.2) is 5.16 Å². The molecule has 10 heteroatoms. The number of nitrogens with one attached hydrogen (secondary N) is 3. The van der Waals surface area contributed by atoms with Crippen molar-refractivity contribution >= 4 is 23.7 Å². The van der Waals surface area contributed by atoms with E-state index in [2.05, 4.69) is 31.1 Å². The van der Waals surface area contributed by atoms with Crippen LogP contribution in [0.1, 0.15) is 17.7 Å². The predicted octanol–water partition coefficient (Wildman–Crippen LogP) is 1.95. The van der Waals surface area contributed by atoms with Crippen molar-refractivity contribution in [3.8, 4) is 0 Å². The summed E-state index contributed by atoms with van der Waals surface area (Å²) in [4.78, 5) is 12.5. The highest BCUT2D eigenvalue weighted by Gasteiger charge is 2.16. The first-order valence-electron chi connectivity index (χ1n) is 7.18. The van der Waals surface area contributed by atoms with Gasteiger partial charge in [-0.05, 0) is 13.0 Å². The number of anilines is 2. The highest BCUT2D eigenvalue weighted by Crippen LogP contribution is 2.34. The van der Waals surface area contributed by atoms with Crippen LogP contribution in [-0.2, 0) is 0 Å². The molecule has 0 aliphatic rings. The second-order valence-corrected chi connectivity index (χ2v) is 6.02. The molecule has 2 aromatic rings. The van der Waals surface area contributed by atoms with Crippen LogP contribution in [0.4, 0.5) is 20.7 Å². The third kappa shape index (κ3) is 4.98. The van der Waals surface area contributed by atoms with Crippen molar-refractivity contribution in [2.75, 3.05) is 30.9 Å². The first-order valence-corrected chi connectivity index (χ1v) is 8.06. The van der Waals surface area contributed by atoms with Gasteiger partial charge in [-0.2, -0.15) is 15.0 Å². The van der Waals surface area contributed by atoms with Crippen LogP contribution in [0.25, 0.3) is 0 Å². The molecule has 24 heavy (non-hydrogen) atoms. The van der Waals surface area contributed by atoms with Gasteiger partial charge in [-0.25, -0.2) is 14.2 Å². The second-order valence-electron chi connectivity index (χ2n) is 4.72. The van der Waals surface area contributed by atoms with Gasteiger partial charge in [0, 0.05) is 30.5 Å². The first kappa shape index (κ1) is 18.3. The topological polar surface area (TPSA) is 95.0 Å². The van der Waals surface area contributed by atoms with Gasteiger partial charge in [-0.15, -0.1) is 0 Å². The molecule has 0 aliphatic carbocycles. The van der Waals surface area contributed by atoms with Crippen molar-refractivity contribution in [3.05, 3.63) is 35.4 Å². The fourth-order valence-corrected chi connectivity index (χ4v) is 2.79. The zero-order chi connectivity index (χ0) is 17.5. The number of hydrogen-bond donors (Lipinski definition) is 4. The molecule has 0 amide bonds. The SMILES string of the molecule is CNNc1nc(NCCO)nc(SC(C)c2ccc(F)cc2F)n1. The molecule has 130 valence electrons. The molecule has 1 unspecified atom stereocenters. The van der Waals surface area contributed by atoms with E-state index in [1.165, 1.54) is 23.9 Å². The Bertz CT molecular complexity index is 690. The lowest BCUT2D eigenvalue weighted by Crippen LogP contribution is -2.19. The minimum Gasteiger partial charge on any atom is -0.395 e. The van der Waals surface area contributed by atoms with Crippen LogP contribution >= 0.6 is 11.8 Å². The number of aliphatic hydroxyl groups is 1. The monoisotopic (exact) mass is 356 g/mol. The van der Waals surface area contributed by atoms with E-state index < -0.39 is 11.6 Å². The van der Waals surface area contributed by atoms with E-state index in [0.29, 0.717) is 10.7 Å². The Labute approximate surface area is 142 Å². The van der Waals surface area contributed by atoms with Crippen LogP contribution in [-0.4, -0.2) is 40.3 Å². The average molecular weight is 356 g/mol. The molecule has 0 spiro atoms. The highest BCUT2D eigenvalue weighted by molar-refractivity contribution is 7.99. The van der Waals surface area contributed by atoms with Gasteiger partial charge in [0.25, 0.3) is 0 Å². The minimum absolute atomic E-state index is 0.0693. The van der Waals surface area contributed by atoms with Crippen LogP contribution in [0, 0.1) is 11.6 Å². The zero-order valence-electron chi connectivity index (χ0n) is 13.2. The maximum atomic E-state index is 13.9. The van der Waals surface area contributed by atoms with Crippen molar-refractivity contribution in [1.82, 2.24) is 20.4 Å². The van der Waals surface area contributed by atoms with Gasteiger partial charge < -0.3 is 10.4 Å². The van der Waals surface area contributed by atoms with Crippen LogP contribution in [0.2, 0.25) is 0 Å². The van der Waals surface area contributed by atoms with Gasteiger partial charge in [-0.3, -0.25) is 5.43 Å². The van der Waals surface area contributed by atoms with Crippen molar-refractivity contribution in [3.63, 3.8) is 0 Å². The molecule has 0 radical (unpaired) electrons. The molecule has 0 bridgehead atoms. The van der Waals surface area contributed by atoms with Crippen LogP contribution in [0.15, 0.2) is 23.4 Å². The molecule has 0 saturated carbocycles. The lowest BCUT2D eigenvalue weighted by atomic mass is 10.1. The van der Waals surface area contributed by atoms with Crippen LogP contribution in [0.5, 0.6) is 0 Å². The summed E-state index contributed by atoms with van der Waals surface area (Å²) >= 11 is 1.21. The number of hydrogen-bond acceptors (Lipinski definition) is 8. The van der Waals surface area contributed by atoms with E-state index in [0.717, 1.165) is 6.07 Å². The minimum atomic E-state index is -0.621. The molecule has 2 rings (SSSR count). The van der Waals surface area contributed by atoms with Gasteiger partial charge in [0.05, 0.1) is 6.61 Å². The van der Waals surface area contributed by atoms with E-state index in [4.69, 9.17) is 5.11 Å². The van der Waals surface area contributed by atoms with Crippen LogP contribution < -0.4 is 16.2 Å². The predicted molar refractivity (Wildman–Crippen MR) is 88.7 cm³/mol. The van der Waals surface area contributed by atoms with Crippen molar-refractivity contribution in [2.45, 2.75) is 17.3 Å². The Balaban J connectivity index is 2.21. The molecular weight excluding hydrogens is 338 g/mol. The number of benzene rings is 1. The fourth-order valence-electron chi connectivity index (χ4n) is 1.88. The maximum absolute atomic E-state index is 13.9. The molecule has 0 saturated heterocycles. The van der Waals surface area contributed by atoms with Gasteiger partial charge in [0.2, 0.25) is 11.9 Å². The molecule has 1 heterocycles. The molecule has 1 aromatic carbocycles. The molecule has 7 nitrogen and oxygen atoms in total. The number of thioether (sulfide) groups is 1. The van der Waals surface area contributed by atoms with E-state index in [1.54, 1.807) is 14.0 Å². The summed E-state index contributed by atoms with van der Waals surface area (Å²) in [6.45, 7) is 1.99. The normalized spacial score (nSPS) is 12.0. The van der Waals surface area contributed by atoms with Crippen molar-refractivity contribution < 1.29 is 13.9 Å². The van der Waals surface area contributed by atoms with Crippen molar-refractivity contribution in [1.29, 1.82) is 0 Å². The maximum Gasteiger partial charge on any atom is 0.243 e. The Morgan fingerprint density at radius 1 is 1.21 bits per heavy atom. The number of nitrogens with zero attached hydrogens (tertiary/aromatic N) is 3. The summed E-state index contributed by atoms with van der Waals surface area (Å²) in [5.41, 5.74) is 5.81. The Morgan fingerprint density at radius 2 is 1.96 bits per heavy atom. The second kappa shape index (κ2) is 8.71. The lowest BCUT2D eigenvalue weighted by molar-refractivity contribution is 0.310. The summed E-state index contributed by atoms with van der Waals surface area (Å²) in [6, 6.07) is 3.47. The summed E-state index contributed by atoms with van der Waals surface area (Å²) in [5.74, 6) is -0.672. The molecule has 0 fully saturated rings. The standard InChI is InChI=1S/C14H18F2N6OS/c1-8(10-4-3-9(15)7-11(10)16)24-14-20-12(18-5-6-23)19-13(21-14)22-17-2/h3-4,7-8,17,23H,5-6H2,1-2H3,(H2,18,19,20,21,22). The third-order valence-electron chi connectivity index (χ3n) is 2.93. The van der Waals surface area contributed by atoms with E-state index >= 15 is 0 Å². The van der Waals surface area contributed by atoms with Gasteiger partial charge >= 0.3 is 0 Å². The van der Waals surface area contributed by atoms with Gasteiger partial charge in [0.1, 0.15) is 11.6 Å². The number of aliphatic hydroxyl groups excluding tert-OH is 1. The number of rotatable bonds is 8.